The molecule has 0 aliphatic carbocycles. The highest BCUT2D eigenvalue weighted by molar-refractivity contribution is 7.88. The molecule has 0 radical (unpaired) electrons. The summed E-state index contributed by atoms with van der Waals surface area (Å²) in [6.45, 7) is 0. The van der Waals surface area contributed by atoms with Crippen molar-refractivity contribution in [3.05, 3.63) is 65.4 Å². The highest BCUT2D eigenvalue weighted by Crippen LogP contribution is 2.27. The Hall–Kier alpha value is -3.21. The fourth-order valence-electron chi connectivity index (χ4n) is 2.78. The van der Waals surface area contributed by atoms with Gasteiger partial charge in [0.2, 0.25) is 16.0 Å². The zero-order valence-corrected chi connectivity index (χ0v) is 16.5. The summed E-state index contributed by atoms with van der Waals surface area (Å²) in [5, 5.41) is 19.5. The lowest BCUT2D eigenvalue weighted by Crippen LogP contribution is -2.15. The fourth-order valence-corrected chi connectivity index (χ4v) is 3.60. The number of benzene rings is 2. The van der Waals surface area contributed by atoms with Crippen LogP contribution in [0.3, 0.4) is 0 Å². The van der Waals surface area contributed by atoms with E-state index in [2.05, 4.69) is 30.8 Å². The zero-order valence-electron chi connectivity index (χ0n) is 14.9. The summed E-state index contributed by atoms with van der Waals surface area (Å²) in [6, 6.07) is 12.6. The standard InChI is InChI=1S/C18H16ClN7O2S/c19-14-9-21-18(23-13-5-6-16-12(7-13)8-22-26-16)25-17(14)24-15-4-2-1-3-11(15)10-29(20,27)28/h1-9H,10H2,(H,22,26)(H2,20,27,28)(H2,21,23,24,25). The van der Waals surface area contributed by atoms with Gasteiger partial charge in [-0.3, -0.25) is 5.10 Å². The third-order valence-electron chi connectivity index (χ3n) is 4.07. The molecule has 0 saturated carbocycles. The van der Waals surface area contributed by atoms with Crippen LogP contribution in [0.5, 0.6) is 0 Å². The molecule has 0 saturated heterocycles. The third kappa shape index (κ3) is 4.62. The van der Waals surface area contributed by atoms with Crippen LogP contribution in [0.2, 0.25) is 5.02 Å². The predicted octanol–water partition coefficient (Wildman–Crippen LogP) is 3.28. The maximum Gasteiger partial charge on any atom is 0.229 e. The minimum Gasteiger partial charge on any atom is -0.339 e. The summed E-state index contributed by atoms with van der Waals surface area (Å²) in [5.41, 5.74) is 2.74. The van der Waals surface area contributed by atoms with E-state index in [1.807, 2.05) is 18.2 Å². The molecule has 2 aromatic heterocycles. The molecule has 0 unspecified atom stereocenters. The van der Waals surface area contributed by atoms with Crippen molar-refractivity contribution in [2.24, 2.45) is 5.14 Å². The van der Waals surface area contributed by atoms with Crippen molar-refractivity contribution in [1.82, 2.24) is 20.2 Å². The van der Waals surface area contributed by atoms with Crippen LogP contribution in [0.15, 0.2) is 54.9 Å². The summed E-state index contributed by atoms with van der Waals surface area (Å²) in [4.78, 5) is 8.59. The van der Waals surface area contributed by atoms with E-state index in [0.29, 0.717) is 23.0 Å². The van der Waals surface area contributed by atoms with Crippen molar-refractivity contribution < 1.29 is 8.42 Å². The van der Waals surface area contributed by atoms with Crippen LogP contribution in [0.25, 0.3) is 10.9 Å². The van der Waals surface area contributed by atoms with Gasteiger partial charge in [0.25, 0.3) is 0 Å². The fraction of sp³-hybridized carbons (Fsp3) is 0.0556. The van der Waals surface area contributed by atoms with Gasteiger partial charge in [0.1, 0.15) is 5.02 Å². The minimum absolute atomic E-state index is 0.284. The van der Waals surface area contributed by atoms with E-state index < -0.39 is 10.0 Å². The van der Waals surface area contributed by atoms with Crippen molar-refractivity contribution >= 4 is 55.7 Å². The quantitative estimate of drug-likeness (QED) is 0.368. The number of H-pyrrole nitrogens is 1. The Morgan fingerprint density at radius 3 is 2.76 bits per heavy atom. The van der Waals surface area contributed by atoms with E-state index in [1.165, 1.54) is 6.20 Å². The van der Waals surface area contributed by atoms with E-state index in [1.54, 1.807) is 30.5 Å². The number of aromatic nitrogens is 4. The van der Waals surface area contributed by atoms with E-state index in [-0.39, 0.29) is 10.8 Å². The Bertz CT molecular complexity index is 1290. The normalized spacial score (nSPS) is 11.5. The molecule has 2 heterocycles. The molecule has 0 bridgehead atoms. The van der Waals surface area contributed by atoms with Crippen LogP contribution in [0.4, 0.5) is 23.1 Å². The molecule has 0 amide bonds. The van der Waals surface area contributed by atoms with E-state index in [9.17, 15) is 8.42 Å². The van der Waals surface area contributed by atoms with Crippen LogP contribution in [-0.2, 0) is 15.8 Å². The molecule has 0 aliphatic rings. The Labute approximate surface area is 171 Å². The first kappa shape index (κ1) is 19.1. The topological polar surface area (TPSA) is 139 Å². The smallest absolute Gasteiger partial charge is 0.229 e. The van der Waals surface area contributed by atoms with Gasteiger partial charge in [-0.1, -0.05) is 29.8 Å². The second-order valence-electron chi connectivity index (χ2n) is 6.28. The van der Waals surface area contributed by atoms with Crippen molar-refractivity contribution in [2.45, 2.75) is 5.75 Å². The largest absolute Gasteiger partial charge is 0.339 e. The van der Waals surface area contributed by atoms with Gasteiger partial charge in [0.15, 0.2) is 5.82 Å². The average molecular weight is 430 g/mol. The van der Waals surface area contributed by atoms with E-state index in [0.717, 1.165) is 16.6 Å². The molecule has 148 valence electrons. The molecule has 0 spiro atoms. The van der Waals surface area contributed by atoms with E-state index >= 15 is 0 Å². The van der Waals surface area contributed by atoms with Gasteiger partial charge in [-0.05, 0) is 29.8 Å². The number of anilines is 4. The number of para-hydroxylation sites is 1. The minimum atomic E-state index is -3.69. The second-order valence-corrected chi connectivity index (χ2v) is 8.30. The van der Waals surface area contributed by atoms with Crippen LogP contribution in [0.1, 0.15) is 5.56 Å². The maximum absolute atomic E-state index is 11.5. The SMILES string of the molecule is NS(=O)(=O)Cc1ccccc1Nc1nc(Nc2ccc3[nH]ncc3c2)ncc1Cl. The van der Waals surface area contributed by atoms with Gasteiger partial charge in [0, 0.05) is 16.8 Å². The number of halogens is 1. The van der Waals surface area contributed by atoms with Crippen LogP contribution in [-0.4, -0.2) is 28.6 Å². The molecular formula is C18H16ClN7O2S. The number of rotatable bonds is 6. The van der Waals surface area contributed by atoms with Crippen LogP contribution < -0.4 is 15.8 Å². The molecule has 0 aliphatic heterocycles. The van der Waals surface area contributed by atoms with Gasteiger partial charge in [-0.15, -0.1) is 0 Å². The van der Waals surface area contributed by atoms with Gasteiger partial charge in [-0.2, -0.15) is 10.1 Å². The molecule has 4 aromatic rings. The van der Waals surface area contributed by atoms with Crippen molar-refractivity contribution in [3.63, 3.8) is 0 Å². The number of aromatic amines is 1. The molecule has 4 rings (SSSR count). The predicted molar refractivity (Wildman–Crippen MR) is 113 cm³/mol. The number of nitrogens with one attached hydrogen (secondary N) is 3. The van der Waals surface area contributed by atoms with Gasteiger partial charge in [-0.25, -0.2) is 18.5 Å². The monoisotopic (exact) mass is 429 g/mol. The summed E-state index contributed by atoms with van der Waals surface area (Å²) in [5.74, 6) is 0.341. The Morgan fingerprint density at radius 1 is 1.10 bits per heavy atom. The number of fused-ring (bicyclic) bond motifs is 1. The lowest BCUT2D eigenvalue weighted by Gasteiger charge is -2.13. The highest BCUT2D eigenvalue weighted by atomic mass is 35.5. The molecular weight excluding hydrogens is 414 g/mol. The van der Waals surface area contributed by atoms with Gasteiger partial charge >= 0.3 is 0 Å². The lowest BCUT2D eigenvalue weighted by atomic mass is 10.2. The van der Waals surface area contributed by atoms with Gasteiger partial charge < -0.3 is 10.6 Å². The Kier molecular flexibility index (Phi) is 5.05. The summed E-state index contributed by atoms with van der Waals surface area (Å²) in [6.07, 6.45) is 3.18. The van der Waals surface area contributed by atoms with Crippen LogP contribution in [0, 0.1) is 0 Å². The number of primary sulfonamides is 1. The Morgan fingerprint density at radius 2 is 1.93 bits per heavy atom. The number of sulfonamides is 1. The first-order valence-corrected chi connectivity index (χ1v) is 10.5. The molecule has 11 heteroatoms. The molecule has 5 N–H and O–H groups in total. The second kappa shape index (κ2) is 7.66. The molecule has 0 fully saturated rings. The summed E-state index contributed by atoms with van der Waals surface area (Å²) >= 11 is 6.23. The van der Waals surface area contributed by atoms with Crippen molar-refractivity contribution in [3.8, 4) is 0 Å². The van der Waals surface area contributed by atoms with Crippen LogP contribution >= 0.6 is 11.6 Å². The third-order valence-corrected chi connectivity index (χ3v) is 5.06. The first-order chi connectivity index (χ1) is 13.9. The van der Waals surface area contributed by atoms with Crippen molar-refractivity contribution in [2.75, 3.05) is 10.6 Å². The zero-order chi connectivity index (χ0) is 20.4. The number of nitrogens with two attached hydrogens (primary N) is 1. The lowest BCUT2D eigenvalue weighted by molar-refractivity contribution is 0.597. The number of nitrogens with zero attached hydrogens (tertiary/aromatic N) is 3. The van der Waals surface area contributed by atoms with E-state index in [4.69, 9.17) is 16.7 Å². The maximum atomic E-state index is 11.5. The summed E-state index contributed by atoms with van der Waals surface area (Å²) in [7, 11) is -3.69. The molecule has 9 nitrogen and oxygen atoms in total. The molecule has 29 heavy (non-hydrogen) atoms. The first-order valence-electron chi connectivity index (χ1n) is 8.45. The Balaban J connectivity index is 1.61. The average Bonchev–Trinajstić information content (AvgIpc) is 3.13. The molecule has 2 aromatic carbocycles. The highest BCUT2D eigenvalue weighted by Gasteiger charge is 2.12. The van der Waals surface area contributed by atoms with Crippen molar-refractivity contribution in [1.29, 1.82) is 0 Å². The molecule has 0 atom stereocenters. The number of hydrogen-bond acceptors (Lipinski definition) is 7. The summed E-state index contributed by atoms with van der Waals surface area (Å²) < 4.78 is 23.0. The number of hydrogen-bond donors (Lipinski definition) is 4. The van der Waals surface area contributed by atoms with Gasteiger partial charge in [0.05, 0.1) is 23.7 Å².